The van der Waals surface area contributed by atoms with Crippen molar-refractivity contribution in [3.8, 4) is 0 Å². The number of rotatable bonds is 0. The van der Waals surface area contributed by atoms with Crippen LogP contribution < -0.4 is 5.32 Å². The van der Waals surface area contributed by atoms with E-state index in [-0.39, 0.29) is 18.5 Å². The lowest BCUT2D eigenvalue weighted by molar-refractivity contribution is 0.0242. The third kappa shape index (κ3) is 4.03. The maximum atomic E-state index is 12.0. The van der Waals surface area contributed by atoms with Gasteiger partial charge in [0.05, 0.1) is 0 Å². The van der Waals surface area contributed by atoms with E-state index in [1.807, 2.05) is 25.7 Å². The largest absolute Gasteiger partial charge is 0.444 e. The van der Waals surface area contributed by atoms with Crippen LogP contribution in [0.1, 0.15) is 33.6 Å². The summed E-state index contributed by atoms with van der Waals surface area (Å²) in [5.41, 5.74) is -0.393. The van der Waals surface area contributed by atoms with Crippen molar-refractivity contribution in [1.82, 2.24) is 10.2 Å². The van der Waals surface area contributed by atoms with Gasteiger partial charge in [0.2, 0.25) is 0 Å². The lowest BCUT2D eigenvalue weighted by Gasteiger charge is -2.27. The molecule has 5 heteroatoms. The van der Waals surface area contributed by atoms with Crippen LogP contribution in [0.4, 0.5) is 4.79 Å². The molecule has 3 aliphatic heterocycles. The molecule has 0 aliphatic carbocycles. The molecule has 0 aromatic rings. The normalized spacial score (nSPS) is 28.3. The molecule has 17 heavy (non-hydrogen) atoms. The first-order valence-corrected chi connectivity index (χ1v) is 6.15. The number of ether oxygens (including phenoxy) is 1. The van der Waals surface area contributed by atoms with E-state index in [2.05, 4.69) is 5.32 Å². The van der Waals surface area contributed by atoms with Crippen molar-refractivity contribution in [2.45, 2.75) is 45.3 Å². The minimum atomic E-state index is -0.393. The Hall–Kier alpha value is -0.480. The van der Waals surface area contributed by atoms with Crippen molar-refractivity contribution in [3.63, 3.8) is 0 Å². The van der Waals surface area contributed by atoms with Gasteiger partial charge in [0.25, 0.3) is 0 Å². The van der Waals surface area contributed by atoms with Gasteiger partial charge < -0.3 is 15.0 Å². The molecule has 3 heterocycles. The molecule has 1 N–H and O–H groups in total. The highest BCUT2D eigenvalue weighted by atomic mass is 35.5. The van der Waals surface area contributed by atoms with E-state index in [9.17, 15) is 4.79 Å². The van der Waals surface area contributed by atoms with Crippen molar-refractivity contribution >= 4 is 18.5 Å². The zero-order chi connectivity index (χ0) is 11.8. The van der Waals surface area contributed by atoms with Crippen LogP contribution in [0, 0.1) is 5.92 Å². The highest BCUT2D eigenvalue weighted by Gasteiger charge is 2.33. The zero-order valence-electron chi connectivity index (χ0n) is 10.9. The highest BCUT2D eigenvalue weighted by molar-refractivity contribution is 5.85. The number of carbonyl (C=O) groups excluding carboxylic acids is 1. The summed E-state index contributed by atoms with van der Waals surface area (Å²) in [5, 5.41) is 3.48. The topological polar surface area (TPSA) is 41.6 Å². The van der Waals surface area contributed by atoms with E-state index in [1.54, 1.807) is 0 Å². The van der Waals surface area contributed by atoms with Crippen LogP contribution >= 0.6 is 12.4 Å². The Balaban J connectivity index is 0.00000144. The van der Waals surface area contributed by atoms with Crippen molar-refractivity contribution in [2.24, 2.45) is 5.92 Å². The van der Waals surface area contributed by atoms with Crippen LogP contribution in [0.25, 0.3) is 0 Å². The Bertz CT molecular complexity index is 256. The van der Waals surface area contributed by atoms with Crippen LogP contribution in [0.3, 0.4) is 0 Å². The molecule has 0 spiro atoms. The maximum absolute atomic E-state index is 12.0. The van der Waals surface area contributed by atoms with E-state index < -0.39 is 5.60 Å². The average molecular weight is 263 g/mol. The molecule has 3 fully saturated rings. The summed E-state index contributed by atoms with van der Waals surface area (Å²) in [6, 6.07) is 0.464. The molecule has 0 radical (unpaired) electrons. The first-order chi connectivity index (χ1) is 7.44. The molecular formula is C12H23ClN2O2. The number of nitrogens with one attached hydrogen (secondary N) is 1. The molecule has 100 valence electrons. The van der Waals surface area contributed by atoms with Gasteiger partial charge in [-0.05, 0) is 46.1 Å². The first-order valence-electron chi connectivity index (χ1n) is 6.15. The molecule has 2 bridgehead atoms. The highest BCUT2D eigenvalue weighted by Crippen LogP contribution is 2.22. The second-order valence-corrected chi connectivity index (χ2v) is 5.93. The van der Waals surface area contributed by atoms with Gasteiger partial charge in [-0.1, -0.05) is 0 Å². The Kier molecular flexibility index (Phi) is 4.67. The van der Waals surface area contributed by atoms with Crippen molar-refractivity contribution in [2.75, 3.05) is 19.6 Å². The predicted molar refractivity (Wildman–Crippen MR) is 69.6 cm³/mol. The van der Waals surface area contributed by atoms with E-state index >= 15 is 0 Å². The van der Waals surface area contributed by atoms with E-state index in [0.717, 1.165) is 19.6 Å². The molecule has 4 nitrogen and oxygen atoms in total. The number of hydrogen-bond donors (Lipinski definition) is 1. The second kappa shape index (κ2) is 5.44. The summed E-state index contributed by atoms with van der Waals surface area (Å²) in [5.74, 6) is 0.603. The van der Waals surface area contributed by atoms with Crippen LogP contribution in [-0.2, 0) is 4.74 Å². The lowest BCUT2D eigenvalue weighted by atomic mass is 9.97. The van der Waals surface area contributed by atoms with Gasteiger partial charge in [-0.2, -0.15) is 0 Å². The molecule has 2 unspecified atom stereocenters. The fourth-order valence-corrected chi connectivity index (χ4v) is 2.41. The van der Waals surface area contributed by atoms with Crippen LogP contribution in [0.15, 0.2) is 0 Å². The maximum Gasteiger partial charge on any atom is 0.410 e. The Labute approximate surface area is 109 Å². The van der Waals surface area contributed by atoms with Gasteiger partial charge in [-0.15, -0.1) is 12.4 Å². The van der Waals surface area contributed by atoms with Gasteiger partial charge in [-0.3, -0.25) is 0 Å². The van der Waals surface area contributed by atoms with Crippen LogP contribution in [0.5, 0.6) is 0 Å². The van der Waals surface area contributed by atoms with E-state index in [4.69, 9.17) is 4.74 Å². The zero-order valence-corrected chi connectivity index (χ0v) is 11.7. The minimum Gasteiger partial charge on any atom is -0.444 e. The monoisotopic (exact) mass is 262 g/mol. The number of fused-ring (bicyclic) bond motifs is 4. The fourth-order valence-electron chi connectivity index (χ4n) is 2.41. The summed E-state index contributed by atoms with van der Waals surface area (Å²) < 4.78 is 5.42. The molecule has 0 saturated carbocycles. The Morgan fingerprint density at radius 2 is 2.00 bits per heavy atom. The molecule has 2 atom stereocenters. The van der Waals surface area contributed by atoms with E-state index in [0.29, 0.717) is 12.0 Å². The SMILES string of the molecule is CC(C)(C)OC(=O)N1CC2CCC(C1)NC2.Cl. The molecule has 3 saturated heterocycles. The summed E-state index contributed by atoms with van der Waals surface area (Å²) in [6.45, 7) is 8.43. The molecule has 1 amide bonds. The number of piperidine rings is 1. The standard InChI is InChI=1S/C12H22N2O2.ClH/c1-12(2,3)16-11(15)14-7-9-4-5-10(8-14)13-6-9;/h9-10,13H,4-8H2,1-3H3;1H. The number of hydrogen-bond acceptors (Lipinski definition) is 3. The van der Waals surface area contributed by atoms with Crippen LogP contribution in [0.2, 0.25) is 0 Å². The average Bonchev–Trinajstić information content (AvgIpc) is 2.47. The summed E-state index contributed by atoms with van der Waals surface area (Å²) in [6.07, 6.45) is 2.26. The molecular weight excluding hydrogens is 240 g/mol. The minimum absolute atomic E-state index is 0. The number of halogens is 1. The summed E-state index contributed by atoms with van der Waals surface area (Å²) >= 11 is 0. The second-order valence-electron chi connectivity index (χ2n) is 5.93. The van der Waals surface area contributed by atoms with Crippen molar-refractivity contribution < 1.29 is 9.53 Å². The van der Waals surface area contributed by atoms with E-state index in [1.165, 1.54) is 12.8 Å². The van der Waals surface area contributed by atoms with Gasteiger partial charge in [0.15, 0.2) is 0 Å². The van der Waals surface area contributed by atoms with Gasteiger partial charge >= 0.3 is 6.09 Å². The summed E-state index contributed by atoms with van der Waals surface area (Å²) in [7, 11) is 0. The molecule has 0 aromatic heterocycles. The van der Waals surface area contributed by atoms with Crippen LogP contribution in [-0.4, -0.2) is 42.3 Å². The third-order valence-electron chi connectivity index (χ3n) is 3.19. The Morgan fingerprint density at radius 3 is 2.53 bits per heavy atom. The third-order valence-corrected chi connectivity index (χ3v) is 3.19. The molecule has 3 aliphatic rings. The fraction of sp³-hybridized carbons (Fsp3) is 0.917. The Morgan fingerprint density at radius 1 is 1.29 bits per heavy atom. The molecule has 0 aromatic carbocycles. The van der Waals surface area contributed by atoms with Gasteiger partial charge in [0, 0.05) is 19.1 Å². The summed E-state index contributed by atoms with van der Waals surface area (Å²) in [4.78, 5) is 13.8. The number of amides is 1. The number of nitrogens with zero attached hydrogens (tertiary/aromatic N) is 1. The van der Waals surface area contributed by atoms with Crippen molar-refractivity contribution in [3.05, 3.63) is 0 Å². The first kappa shape index (κ1) is 14.6. The number of carbonyl (C=O) groups is 1. The van der Waals surface area contributed by atoms with Gasteiger partial charge in [-0.25, -0.2) is 4.79 Å². The van der Waals surface area contributed by atoms with Gasteiger partial charge in [0.1, 0.15) is 5.60 Å². The van der Waals surface area contributed by atoms with Crippen molar-refractivity contribution in [1.29, 1.82) is 0 Å². The predicted octanol–water partition coefficient (Wildman–Crippen LogP) is 2.03. The lowest BCUT2D eigenvalue weighted by Crippen LogP contribution is -2.42. The smallest absolute Gasteiger partial charge is 0.410 e. The molecule has 3 rings (SSSR count). The quantitative estimate of drug-likeness (QED) is 0.726.